The summed E-state index contributed by atoms with van der Waals surface area (Å²) in [4.78, 5) is 11.5. The summed E-state index contributed by atoms with van der Waals surface area (Å²) in [5, 5.41) is 2.90. The minimum atomic E-state index is 0.00257. The van der Waals surface area contributed by atoms with Crippen LogP contribution in [0.1, 0.15) is 31.4 Å². The summed E-state index contributed by atoms with van der Waals surface area (Å²) >= 11 is 0. The molecule has 0 radical (unpaired) electrons. The lowest BCUT2D eigenvalue weighted by Gasteiger charge is -2.09. The van der Waals surface area contributed by atoms with Crippen molar-refractivity contribution in [2.24, 2.45) is 11.7 Å². The smallest absolute Gasteiger partial charge is 0.227 e. The van der Waals surface area contributed by atoms with Crippen molar-refractivity contribution in [3.05, 3.63) is 29.8 Å². The van der Waals surface area contributed by atoms with E-state index in [-0.39, 0.29) is 17.9 Å². The first-order chi connectivity index (χ1) is 7.16. The van der Waals surface area contributed by atoms with Gasteiger partial charge in [-0.2, -0.15) is 0 Å². The van der Waals surface area contributed by atoms with Crippen LogP contribution >= 0.6 is 0 Å². The molecule has 1 aliphatic carbocycles. The molecule has 80 valence electrons. The van der Waals surface area contributed by atoms with Gasteiger partial charge in [-0.05, 0) is 37.5 Å². The standard InChI is InChI=1S/C12H16N2O/c1-8(13)10-3-2-4-11(7-10)14-12(15)9-5-6-9/h2-4,7-9H,5-6,13H2,1H3,(H,14,15). The van der Waals surface area contributed by atoms with E-state index >= 15 is 0 Å². The molecule has 2 rings (SSSR count). The molecule has 3 nitrogen and oxygen atoms in total. The number of nitrogens with one attached hydrogen (secondary N) is 1. The van der Waals surface area contributed by atoms with Gasteiger partial charge >= 0.3 is 0 Å². The van der Waals surface area contributed by atoms with Gasteiger partial charge in [-0.25, -0.2) is 0 Å². The van der Waals surface area contributed by atoms with Crippen LogP contribution in [0.4, 0.5) is 5.69 Å². The number of carbonyl (C=O) groups excluding carboxylic acids is 1. The fourth-order valence-corrected chi connectivity index (χ4v) is 1.49. The Morgan fingerprint density at radius 2 is 2.27 bits per heavy atom. The van der Waals surface area contributed by atoms with Crippen LogP contribution in [0, 0.1) is 5.92 Å². The first kappa shape index (κ1) is 10.2. The Morgan fingerprint density at radius 3 is 2.87 bits per heavy atom. The van der Waals surface area contributed by atoms with E-state index in [1.54, 1.807) is 0 Å². The number of hydrogen-bond acceptors (Lipinski definition) is 2. The second kappa shape index (κ2) is 4.03. The maximum Gasteiger partial charge on any atom is 0.227 e. The minimum Gasteiger partial charge on any atom is -0.326 e. The van der Waals surface area contributed by atoms with Crippen molar-refractivity contribution < 1.29 is 4.79 Å². The molecule has 1 fully saturated rings. The fourth-order valence-electron chi connectivity index (χ4n) is 1.49. The van der Waals surface area contributed by atoms with Crippen LogP contribution in [0.2, 0.25) is 0 Å². The van der Waals surface area contributed by atoms with Crippen molar-refractivity contribution >= 4 is 11.6 Å². The minimum absolute atomic E-state index is 0.00257. The number of nitrogens with two attached hydrogens (primary N) is 1. The number of hydrogen-bond donors (Lipinski definition) is 2. The van der Waals surface area contributed by atoms with Gasteiger partial charge < -0.3 is 11.1 Å². The predicted octanol–water partition coefficient (Wildman–Crippen LogP) is 2.05. The molecule has 0 bridgehead atoms. The van der Waals surface area contributed by atoms with E-state index in [1.807, 2.05) is 31.2 Å². The SMILES string of the molecule is CC(N)c1cccc(NC(=O)C2CC2)c1. The van der Waals surface area contributed by atoms with Gasteiger partial charge in [0.05, 0.1) is 0 Å². The van der Waals surface area contributed by atoms with Crippen molar-refractivity contribution in [3.8, 4) is 0 Å². The molecule has 1 atom stereocenters. The predicted molar refractivity (Wildman–Crippen MR) is 60.4 cm³/mol. The summed E-state index contributed by atoms with van der Waals surface area (Å²) in [5.41, 5.74) is 7.67. The van der Waals surface area contributed by atoms with Gasteiger partial charge in [0.1, 0.15) is 0 Å². The third kappa shape index (κ3) is 2.57. The zero-order valence-corrected chi connectivity index (χ0v) is 8.86. The summed E-state index contributed by atoms with van der Waals surface area (Å²) in [7, 11) is 0. The Kier molecular flexibility index (Phi) is 2.73. The molecule has 1 amide bonds. The molecule has 3 N–H and O–H groups in total. The van der Waals surface area contributed by atoms with E-state index in [1.165, 1.54) is 0 Å². The molecule has 0 saturated heterocycles. The van der Waals surface area contributed by atoms with Gasteiger partial charge in [-0.1, -0.05) is 12.1 Å². The van der Waals surface area contributed by atoms with Crippen LogP contribution in [-0.2, 0) is 4.79 Å². The van der Waals surface area contributed by atoms with Crippen LogP contribution in [0.25, 0.3) is 0 Å². The van der Waals surface area contributed by atoms with E-state index in [9.17, 15) is 4.79 Å². The van der Waals surface area contributed by atoms with Gasteiger partial charge in [0.25, 0.3) is 0 Å². The number of rotatable bonds is 3. The van der Waals surface area contributed by atoms with Gasteiger partial charge in [0.15, 0.2) is 0 Å². The third-order valence-corrected chi connectivity index (χ3v) is 2.63. The molecular weight excluding hydrogens is 188 g/mol. The van der Waals surface area contributed by atoms with Gasteiger partial charge in [0.2, 0.25) is 5.91 Å². The number of benzene rings is 1. The summed E-state index contributed by atoms with van der Waals surface area (Å²) in [6.45, 7) is 1.93. The monoisotopic (exact) mass is 204 g/mol. The lowest BCUT2D eigenvalue weighted by atomic mass is 10.1. The Balaban J connectivity index is 2.07. The van der Waals surface area contributed by atoms with Gasteiger partial charge in [0, 0.05) is 17.6 Å². The highest BCUT2D eigenvalue weighted by Crippen LogP contribution is 2.30. The molecule has 1 aromatic rings. The molecule has 0 heterocycles. The van der Waals surface area contributed by atoms with Gasteiger partial charge in [-0.15, -0.1) is 0 Å². The molecule has 3 heteroatoms. The van der Waals surface area contributed by atoms with Crippen molar-refractivity contribution in [2.75, 3.05) is 5.32 Å². The molecule has 1 aliphatic rings. The topological polar surface area (TPSA) is 55.1 Å². The molecule has 0 spiro atoms. The number of anilines is 1. The van der Waals surface area contributed by atoms with Crippen LogP contribution in [-0.4, -0.2) is 5.91 Å². The van der Waals surface area contributed by atoms with E-state index in [4.69, 9.17) is 5.73 Å². The van der Waals surface area contributed by atoms with Crippen LogP contribution < -0.4 is 11.1 Å². The zero-order chi connectivity index (χ0) is 10.8. The summed E-state index contributed by atoms with van der Waals surface area (Å²) in [5.74, 6) is 0.376. The molecule has 0 aliphatic heterocycles. The maximum atomic E-state index is 11.5. The van der Waals surface area contributed by atoms with Crippen molar-refractivity contribution in [3.63, 3.8) is 0 Å². The highest BCUT2D eigenvalue weighted by atomic mass is 16.2. The molecule has 1 aromatic carbocycles. The highest BCUT2D eigenvalue weighted by Gasteiger charge is 2.29. The molecular formula is C12H16N2O. The Bertz CT molecular complexity index is 370. The second-order valence-electron chi connectivity index (χ2n) is 4.18. The first-order valence-electron chi connectivity index (χ1n) is 5.33. The van der Waals surface area contributed by atoms with Crippen molar-refractivity contribution in [1.82, 2.24) is 0 Å². The van der Waals surface area contributed by atoms with Gasteiger partial charge in [-0.3, -0.25) is 4.79 Å². The number of amides is 1. The van der Waals surface area contributed by atoms with E-state index in [0.717, 1.165) is 24.1 Å². The quantitative estimate of drug-likeness (QED) is 0.791. The third-order valence-electron chi connectivity index (χ3n) is 2.63. The van der Waals surface area contributed by atoms with E-state index < -0.39 is 0 Å². The Labute approximate surface area is 89.7 Å². The van der Waals surface area contributed by atoms with E-state index in [2.05, 4.69) is 5.32 Å². The van der Waals surface area contributed by atoms with Crippen LogP contribution in [0.3, 0.4) is 0 Å². The zero-order valence-electron chi connectivity index (χ0n) is 8.86. The Hall–Kier alpha value is -1.35. The summed E-state index contributed by atoms with van der Waals surface area (Å²) < 4.78 is 0. The molecule has 1 saturated carbocycles. The van der Waals surface area contributed by atoms with Crippen LogP contribution in [0.15, 0.2) is 24.3 Å². The maximum absolute atomic E-state index is 11.5. The molecule has 1 unspecified atom stereocenters. The lowest BCUT2D eigenvalue weighted by molar-refractivity contribution is -0.117. The highest BCUT2D eigenvalue weighted by molar-refractivity contribution is 5.94. The lowest BCUT2D eigenvalue weighted by Crippen LogP contribution is -2.14. The van der Waals surface area contributed by atoms with E-state index in [0.29, 0.717) is 0 Å². The Morgan fingerprint density at radius 1 is 1.53 bits per heavy atom. The average Bonchev–Trinajstić information content (AvgIpc) is 3.01. The fraction of sp³-hybridized carbons (Fsp3) is 0.417. The molecule has 0 aromatic heterocycles. The first-order valence-corrected chi connectivity index (χ1v) is 5.33. The summed E-state index contributed by atoms with van der Waals surface area (Å²) in [6.07, 6.45) is 2.05. The molecule has 15 heavy (non-hydrogen) atoms. The van der Waals surface area contributed by atoms with Crippen molar-refractivity contribution in [1.29, 1.82) is 0 Å². The largest absolute Gasteiger partial charge is 0.326 e. The van der Waals surface area contributed by atoms with Crippen LogP contribution in [0.5, 0.6) is 0 Å². The average molecular weight is 204 g/mol. The second-order valence-corrected chi connectivity index (χ2v) is 4.18. The van der Waals surface area contributed by atoms with Crippen molar-refractivity contribution in [2.45, 2.75) is 25.8 Å². The summed E-state index contributed by atoms with van der Waals surface area (Å²) in [6, 6.07) is 7.72. The number of carbonyl (C=O) groups is 1. The normalized spacial score (nSPS) is 17.2.